The van der Waals surface area contributed by atoms with Gasteiger partial charge in [-0.3, -0.25) is 9.59 Å². The van der Waals surface area contributed by atoms with Crippen LogP contribution in [0.1, 0.15) is 40.6 Å². The van der Waals surface area contributed by atoms with Crippen LogP contribution in [0.15, 0.2) is 53.1 Å². The van der Waals surface area contributed by atoms with E-state index in [-0.39, 0.29) is 22.5 Å². The number of likely N-dealkylation sites (tertiary alicyclic amines) is 1. The molecule has 9 heteroatoms. The third kappa shape index (κ3) is 5.56. The normalized spacial score (nSPS) is 15.8. The van der Waals surface area contributed by atoms with E-state index in [1.807, 2.05) is 48.2 Å². The van der Waals surface area contributed by atoms with E-state index in [4.69, 9.17) is 16.1 Å². The molecule has 0 spiro atoms. The Morgan fingerprint density at radius 1 is 1.21 bits per heavy atom. The van der Waals surface area contributed by atoms with Crippen LogP contribution in [-0.4, -0.2) is 49.1 Å². The summed E-state index contributed by atoms with van der Waals surface area (Å²) in [6.45, 7) is 1.20. The average molecular weight is 485 g/mol. The second-order valence-electron chi connectivity index (χ2n) is 8.61. The van der Waals surface area contributed by atoms with E-state index in [2.05, 4.69) is 10.5 Å². The molecule has 1 aliphatic heterocycles. The predicted octanol–water partition coefficient (Wildman–Crippen LogP) is 4.73. The third-order valence-electron chi connectivity index (χ3n) is 5.92. The van der Waals surface area contributed by atoms with Gasteiger partial charge in [0.1, 0.15) is 11.6 Å². The maximum absolute atomic E-state index is 13.3. The number of halogens is 2. The summed E-state index contributed by atoms with van der Waals surface area (Å²) in [5.74, 6) is -0.459. The van der Waals surface area contributed by atoms with Crippen molar-refractivity contribution in [1.82, 2.24) is 10.1 Å². The predicted molar refractivity (Wildman–Crippen MR) is 129 cm³/mol. The molecule has 3 aromatic rings. The van der Waals surface area contributed by atoms with Crippen molar-refractivity contribution in [3.63, 3.8) is 0 Å². The summed E-state index contributed by atoms with van der Waals surface area (Å²) in [5, 5.41) is 6.43. The molecule has 34 heavy (non-hydrogen) atoms. The second kappa shape index (κ2) is 10.3. The van der Waals surface area contributed by atoms with Crippen LogP contribution in [0.5, 0.6) is 0 Å². The molecule has 1 fully saturated rings. The Morgan fingerprint density at radius 2 is 1.97 bits per heavy atom. The molecule has 0 radical (unpaired) electrons. The number of hydrogen-bond acceptors (Lipinski definition) is 5. The first-order chi connectivity index (χ1) is 16.3. The average Bonchev–Trinajstić information content (AvgIpc) is 3.32. The van der Waals surface area contributed by atoms with Crippen molar-refractivity contribution in [2.24, 2.45) is 0 Å². The summed E-state index contributed by atoms with van der Waals surface area (Å²) in [4.78, 5) is 29.3. The smallest absolute Gasteiger partial charge is 0.277 e. The number of amides is 2. The quantitative estimate of drug-likeness (QED) is 0.547. The van der Waals surface area contributed by atoms with Gasteiger partial charge in [-0.1, -0.05) is 28.9 Å². The van der Waals surface area contributed by atoms with Gasteiger partial charge >= 0.3 is 0 Å². The fourth-order valence-corrected chi connectivity index (χ4v) is 4.17. The number of piperidine rings is 1. The lowest BCUT2D eigenvalue weighted by Crippen LogP contribution is -2.39. The number of hydrogen-bond donors (Lipinski definition) is 1. The fourth-order valence-electron chi connectivity index (χ4n) is 3.99. The van der Waals surface area contributed by atoms with Crippen LogP contribution in [0, 0.1) is 5.82 Å². The van der Waals surface area contributed by atoms with E-state index < -0.39 is 11.7 Å². The number of rotatable bonds is 6. The molecule has 4 rings (SSSR count). The number of carbonyl (C=O) groups excluding carboxylic acids is 2. The van der Waals surface area contributed by atoms with Crippen LogP contribution >= 0.6 is 11.6 Å². The minimum atomic E-state index is -0.564. The van der Waals surface area contributed by atoms with Crippen LogP contribution in [0.4, 0.5) is 15.8 Å². The van der Waals surface area contributed by atoms with Gasteiger partial charge in [-0.15, -0.1) is 0 Å². The zero-order valence-electron chi connectivity index (χ0n) is 19.1. The van der Waals surface area contributed by atoms with Crippen molar-refractivity contribution in [2.45, 2.75) is 25.2 Å². The van der Waals surface area contributed by atoms with Gasteiger partial charge in [0.25, 0.3) is 5.91 Å². The Bertz CT molecular complexity index is 1180. The van der Waals surface area contributed by atoms with E-state index in [9.17, 15) is 14.0 Å². The van der Waals surface area contributed by atoms with Crippen LogP contribution in [0.2, 0.25) is 5.02 Å². The summed E-state index contributed by atoms with van der Waals surface area (Å²) in [7, 11) is 3.95. The van der Waals surface area contributed by atoms with Crippen LogP contribution in [0.25, 0.3) is 0 Å². The van der Waals surface area contributed by atoms with Crippen LogP contribution in [-0.2, 0) is 11.2 Å². The van der Waals surface area contributed by atoms with Gasteiger partial charge in [0.2, 0.25) is 5.91 Å². The number of nitrogens with zero attached hydrogens (tertiary/aromatic N) is 3. The summed E-state index contributed by atoms with van der Waals surface area (Å²) in [6.07, 6.45) is 2.02. The van der Waals surface area contributed by atoms with E-state index >= 15 is 0 Å². The molecule has 2 amide bonds. The van der Waals surface area contributed by atoms with Crippen LogP contribution in [0.3, 0.4) is 0 Å². The number of aromatic nitrogens is 1. The van der Waals surface area contributed by atoms with E-state index in [1.165, 1.54) is 18.2 Å². The molecule has 178 valence electrons. The lowest BCUT2D eigenvalue weighted by atomic mass is 9.94. The van der Waals surface area contributed by atoms with Gasteiger partial charge in [-0.2, -0.15) is 0 Å². The SMILES string of the molecule is CN(C)c1ccc(CC(=O)N2CCCC(c3cc(C(=O)Nc4ccc(F)c(Cl)c4)no3)C2)cc1. The molecule has 1 aromatic heterocycles. The van der Waals surface area contributed by atoms with Crippen molar-refractivity contribution in [1.29, 1.82) is 0 Å². The van der Waals surface area contributed by atoms with Gasteiger partial charge in [-0.05, 0) is 48.7 Å². The number of benzene rings is 2. The highest BCUT2D eigenvalue weighted by atomic mass is 35.5. The molecule has 1 N–H and O–H groups in total. The largest absolute Gasteiger partial charge is 0.378 e. The van der Waals surface area contributed by atoms with E-state index in [0.717, 1.165) is 24.1 Å². The highest BCUT2D eigenvalue weighted by Crippen LogP contribution is 2.28. The molecule has 0 saturated carbocycles. The monoisotopic (exact) mass is 484 g/mol. The first kappa shape index (κ1) is 23.8. The molecule has 7 nitrogen and oxygen atoms in total. The van der Waals surface area contributed by atoms with Crippen molar-refractivity contribution < 1.29 is 18.5 Å². The van der Waals surface area contributed by atoms with E-state index in [0.29, 0.717) is 31.0 Å². The summed E-state index contributed by atoms with van der Waals surface area (Å²) in [6, 6.07) is 13.5. The van der Waals surface area contributed by atoms with Crippen molar-refractivity contribution >= 4 is 34.8 Å². The number of carbonyl (C=O) groups is 2. The van der Waals surface area contributed by atoms with Crippen LogP contribution < -0.4 is 10.2 Å². The number of nitrogens with one attached hydrogen (secondary N) is 1. The molecule has 0 aliphatic carbocycles. The van der Waals surface area contributed by atoms with Gasteiger partial charge in [0, 0.05) is 50.5 Å². The third-order valence-corrected chi connectivity index (χ3v) is 6.21. The topological polar surface area (TPSA) is 78.7 Å². The van der Waals surface area contributed by atoms with Gasteiger partial charge in [0.05, 0.1) is 11.4 Å². The fraction of sp³-hybridized carbons (Fsp3) is 0.320. The molecule has 1 aliphatic rings. The first-order valence-electron chi connectivity index (χ1n) is 11.1. The Hall–Kier alpha value is -3.39. The van der Waals surface area contributed by atoms with E-state index in [1.54, 1.807) is 6.07 Å². The number of anilines is 2. The molecular formula is C25H26ClFN4O3. The zero-order chi connectivity index (χ0) is 24.2. The molecule has 1 unspecified atom stereocenters. The summed E-state index contributed by atoms with van der Waals surface area (Å²) >= 11 is 5.76. The van der Waals surface area contributed by atoms with Gasteiger partial charge < -0.3 is 19.6 Å². The standard InChI is InChI=1S/C25H26ClFN4O3/c1-30(2)19-8-5-16(6-9-19)12-24(32)31-11-3-4-17(15-31)23-14-22(29-34-23)25(33)28-18-7-10-21(27)20(26)13-18/h5-10,13-14,17H,3-4,11-12,15H2,1-2H3,(H,28,33). The van der Waals surface area contributed by atoms with Crippen molar-refractivity contribution in [2.75, 3.05) is 37.4 Å². The van der Waals surface area contributed by atoms with Gasteiger partial charge in [-0.25, -0.2) is 4.39 Å². The lowest BCUT2D eigenvalue weighted by molar-refractivity contribution is -0.131. The Balaban J connectivity index is 1.37. The summed E-state index contributed by atoms with van der Waals surface area (Å²) < 4.78 is 18.8. The molecule has 1 atom stereocenters. The second-order valence-corrected chi connectivity index (χ2v) is 9.02. The highest BCUT2D eigenvalue weighted by Gasteiger charge is 2.28. The Kier molecular flexibility index (Phi) is 7.17. The highest BCUT2D eigenvalue weighted by molar-refractivity contribution is 6.31. The molecule has 2 aromatic carbocycles. The van der Waals surface area contributed by atoms with Crippen molar-refractivity contribution in [3.8, 4) is 0 Å². The minimum Gasteiger partial charge on any atom is -0.378 e. The zero-order valence-corrected chi connectivity index (χ0v) is 19.8. The minimum absolute atomic E-state index is 0.0388. The maximum atomic E-state index is 13.3. The lowest BCUT2D eigenvalue weighted by Gasteiger charge is -2.31. The molecule has 1 saturated heterocycles. The van der Waals surface area contributed by atoms with Crippen molar-refractivity contribution in [3.05, 3.63) is 76.4 Å². The first-order valence-corrected chi connectivity index (χ1v) is 11.4. The summed E-state index contributed by atoms with van der Waals surface area (Å²) in [5.41, 5.74) is 2.52. The molecule has 2 heterocycles. The Morgan fingerprint density at radius 3 is 2.68 bits per heavy atom. The maximum Gasteiger partial charge on any atom is 0.277 e. The Labute approximate surface area is 202 Å². The molecule has 0 bridgehead atoms. The van der Waals surface area contributed by atoms with Gasteiger partial charge in [0.15, 0.2) is 5.69 Å². The molecular weight excluding hydrogens is 459 g/mol.